The van der Waals surface area contributed by atoms with Gasteiger partial charge in [0, 0.05) is 32.2 Å². The molecule has 3 fully saturated rings. The van der Waals surface area contributed by atoms with Gasteiger partial charge in [-0.1, -0.05) is 0 Å². The molecule has 2 unspecified atom stereocenters. The first kappa shape index (κ1) is 11.9. The van der Waals surface area contributed by atoms with E-state index >= 15 is 0 Å². The molecule has 1 aliphatic carbocycles. The zero-order chi connectivity index (χ0) is 11.9. The Labute approximate surface area is 106 Å². The molecule has 0 bridgehead atoms. The Bertz CT molecular complexity index is 271. The number of likely N-dealkylation sites (N-methyl/N-ethyl adjacent to an activating group) is 1. The van der Waals surface area contributed by atoms with Gasteiger partial charge in [-0.15, -0.1) is 0 Å². The Hall–Kier alpha value is -0.120. The van der Waals surface area contributed by atoms with Crippen molar-refractivity contribution in [1.82, 2.24) is 15.1 Å². The third-order valence-electron chi connectivity index (χ3n) is 5.48. The third-order valence-corrected chi connectivity index (χ3v) is 5.48. The molecule has 2 heterocycles. The fourth-order valence-electron chi connectivity index (χ4n) is 3.83. The van der Waals surface area contributed by atoms with Gasteiger partial charge in [-0.05, 0) is 57.7 Å². The van der Waals surface area contributed by atoms with E-state index in [0.29, 0.717) is 0 Å². The van der Waals surface area contributed by atoms with E-state index in [2.05, 4.69) is 29.1 Å². The molecule has 0 radical (unpaired) electrons. The highest BCUT2D eigenvalue weighted by molar-refractivity contribution is 5.05. The van der Waals surface area contributed by atoms with Crippen LogP contribution in [0.4, 0.5) is 0 Å². The first-order valence-electron chi connectivity index (χ1n) is 7.33. The predicted octanol–water partition coefficient (Wildman–Crippen LogP) is 1.01. The van der Waals surface area contributed by atoms with Crippen molar-refractivity contribution in [3.8, 4) is 0 Å². The van der Waals surface area contributed by atoms with Crippen LogP contribution in [0.25, 0.3) is 0 Å². The van der Waals surface area contributed by atoms with Crippen molar-refractivity contribution in [2.24, 2.45) is 11.3 Å². The lowest BCUT2D eigenvalue weighted by molar-refractivity contribution is 0.0963. The molecule has 3 aliphatic rings. The average molecular weight is 237 g/mol. The average Bonchev–Trinajstić information content (AvgIpc) is 2.97. The second kappa shape index (κ2) is 4.52. The van der Waals surface area contributed by atoms with Gasteiger partial charge >= 0.3 is 0 Å². The van der Waals surface area contributed by atoms with Crippen molar-refractivity contribution in [2.45, 2.75) is 32.2 Å². The van der Waals surface area contributed by atoms with Gasteiger partial charge in [0.15, 0.2) is 0 Å². The summed E-state index contributed by atoms with van der Waals surface area (Å²) in [5, 5.41) is 3.50. The minimum atomic E-state index is 0.742. The van der Waals surface area contributed by atoms with Gasteiger partial charge in [-0.2, -0.15) is 0 Å². The fourth-order valence-corrected chi connectivity index (χ4v) is 3.83. The molecule has 0 aromatic rings. The molecule has 2 saturated heterocycles. The quantitative estimate of drug-likeness (QED) is 0.773. The van der Waals surface area contributed by atoms with Crippen LogP contribution in [0.2, 0.25) is 0 Å². The largest absolute Gasteiger partial charge is 0.317 e. The predicted molar refractivity (Wildman–Crippen MR) is 71.2 cm³/mol. The number of rotatable bonds is 2. The first-order chi connectivity index (χ1) is 8.20. The zero-order valence-corrected chi connectivity index (χ0v) is 11.4. The molecule has 1 spiro atoms. The van der Waals surface area contributed by atoms with Crippen molar-refractivity contribution in [2.75, 3.05) is 46.3 Å². The topological polar surface area (TPSA) is 18.5 Å². The van der Waals surface area contributed by atoms with E-state index < -0.39 is 0 Å². The van der Waals surface area contributed by atoms with Crippen LogP contribution in [-0.4, -0.2) is 62.2 Å². The molecule has 3 nitrogen and oxygen atoms in total. The van der Waals surface area contributed by atoms with Gasteiger partial charge in [0.05, 0.1) is 0 Å². The SMILES string of the molecule is CC1CN(CC2CC23CCNCC3)CCN1C. The molecule has 0 aromatic heterocycles. The van der Waals surface area contributed by atoms with E-state index in [-0.39, 0.29) is 0 Å². The van der Waals surface area contributed by atoms with E-state index in [1.165, 1.54) is 58.5 Å². The summed E-state index contributed by atoms with van der Waals surface area (Å²) in [6.45, 7) is 10.1. The lowest BCUT2D eigenvalue weighted by Gasteiger charge is -2.38. The molecule has 17 heavy (non-hydrogen) atoms. The molecular weight excluding hydrogens is 210 g/mol. The van der Waals surface area contributed by atoms with Crippen LogP contribution in [0.3, 0.4) is 0 Å². The standard InChI is InChI=1S/C14H27N3/c1-12-10-17(8-7-16(12)2)11-13-9-14(13)3-5-15-6-4-14/h12-13,15H,3-11H2,1-2H3. The summed E-state index contributed by atoms with van der Waals surface area (Å²) >= 11 is 0. The lowest BCUT2D eigenvalue weighted by Crippen LogP contribution is -2.50. The van der Waals surface area contributed by atoms with Crippen LogP contribution in [0.5, 0.6) is 0 Å². The minimum absolute atomic E-state index is 0.742. The number of hydrogen-bond acceptors (Lipinski definition) is 3. The van der Waals surface area contributed by atoms with Gasteiger partial charge in [-0.3, -0.25) is 0 Å². The second-order valence-electron chi connectivity index (χ2n) is 6.60. The maximum atomic E-state index is 3.50. The Balaban J connectivity index is 1.49. The Morgan fingerprint density at radius 1 is 1.24 bits per heavy atom. The summed E-state index contributed by atoms with van der Waals surface area (Å²) in [4.78, 5) is 5.20. The van der Waals surface area contributed by atoms with Crippen LogP contribution in [-0.2, 0) is 0 Å². The first-order valence-corrected chi connectivity index (χ1v) is 7.33. The maximum absolute atomic E-state index is 3.50. The van der Waals surface area contributed by atoms with Crippen LogP contribution < -0.4 is 5.32 Å². The molecule has 2 aliphatic heterocycles. The molecule has 0 amide bonds. The van der Waals surface area contributed by atoms with Crippen LogP contribution in [0.15, 0.2) is 0 Å². The summed E-state index contributed by atoms with van der Waals surface area (Å²) in [5.41, 5.74) is 0.762. The number of nitrogens with zero attached hydrogens (tertiary/aromatic N) is 2. The summed E-state index contributed by atoms with van der Waals surface area (Å²) in [6.07, 6.45) is 4.37. The maximum Gasteiger partial charge on any atom is 0.0192 e. The van der Waals surface area contributed by atoms with Crippen molar-refractivity contribution >= 4 is 0 Å². The number of piperazine rings is 1. The van der Waals surface area contributed by atoms with Gasteiger partial charge < -0.3 is 15.1 Å². The minimum Gasteiger partial charge on any atom is -0.317 e. The van der Waals surface area contributed by atoms with Crippen molar-refractivity contribution < 1.29 is 0 Å². The lowest BCUT2D eigenvalue weighted by atomic mass is 9.92. The van der Waals surface area contributed by atoms with E-state index in [0.717, 1.165) is 17.4 Å². The molecule has 2 atom stereocenters. The monoisotopic (exact) mass is 237 g/mol. The fraction of sp³-hybridized carbons (Fsp3) is 1.00. The highest BCUT2D eigenvalue weighted by atomic mass is 15.3. The Morgan fingerprint density at radius 2 is 2.00 bits per heavy atom. The van der Waals surface area contributed by atoms with Gasteiger partial charge in [-0.25, -0.2) is 0 Å². The van der Waals surface area contributed by atoms with Crippen molar-refractivity contribution in [3.05, 3.63) is 0 Å². The third kappa shape index (κ3) is 2.38. The second-order valence-corrected chi connectivity index (χ2v) is 6.60. The molecule has 1 saturated carbocycles. The summed E-state index contributed by atoms with van der Waals surface area (Å²) in [7, 11) is 2.26. The Kier molecular flexibility index (Phi) is 3.18. The highest BCUT2D eigenvalue weighted by Gasteiger charge is 2.53. The summed E-state index contributed by atoms with van der Waals surface area (Å²) in [6, 6.07) is 0.742. The van der Waals surface area contributed by atoms with Crippen LogP contribution in [0.1, 0.15) is 26.2 Å². The summed E-state index contributed by atoms with van der Waals surface area (Å²) in [5.74, 6) is 1.01. The highest BCUT2D eigenvalue weighted by Crippen LogP contribution is 2.58. The number of hydrogen-bond donors (Lipinski definition) is 1. The van der Waals surface area contributed by atoms with Crippen molar-refractivity contribution in [1.29, 1.82) is 0 Å². The van der Waals surface area contributed by atoms with Crippen LogP contribution >= 0.6 is 0 Å². The molecule has 3 rings (SSSR count). The van der Waals surface area contributed by atoms with E-state index in [9.17, 15) is 0 Å². The van der Waals surface area contributed by atoms with E-state index in [1.54, 1.807) is 0 Å². The summed E-state index contributed by atoms with van der Waals surface area (Å²) < 4.78 is 0. The molecular formula is C14H27N3. The van der Waals surface area contributed by atoms with E-state index in [4.69, 9.17) is 0 Å². The van der Waals surface area contributed by atoms with Crippen LogP contribution in [0, 0.1) is 11.3 Å². The normalized spacial score (nSPS) is 38.5. The molecule has 3 heteroatoms. The Morgan fingerprint density at radius 3 is 2.71 bits per heavy atom. The number of piperidine rings is 1. The van der Waals surface area contributed by atoms with Gasteiger partial charge in [0.25, 0.3) is 0 Å². The van der Waals surface area contributed by atoms with Gasteiger partial charge in [0.1, 0.15) is 0 Å². The molecule has 0 aromatic carbocycles. The molecule has 1 N–H and O–H groups in total. The smallest absolute Gasteiger partial charge is 0.0192 e. The van der Waals surface area contributed by atoms with E-state index in [1.807, 2.05) is 0 Å². The van der Waals surface area contributed by atoms with Crippen molar-refractivity contribution in [3.63, 3.8) is 0 Å². The number of nitrogens with one attached hydrogen (secondary N) is 1. The zero-order valence-electron chi connectivity index (χ0n) is 11.4. The molecule has 98 valence electrons. The van der Waals surface area contributed by atoms with Gasteiger partial charge in [0.2, 0.25) is 0 Å².